The molecule has 3 aromatic rings. The molecule has 0 spiro atoms. The van der Waals surface area contributed by atoms with Gasteiger partial charge in [-0.1, -0.05) is 30.3 Å². The normalized spacial score (nSPS) is 16.6. The molecule has 0 aliphatic carbocycles. The highest BCUT2D eigenvalue weighted by atomic mass is 19.4. The van der Waals surface area contributed by atoms with Gasteiger partial charge >= 0.3 is 6.18 Å². The van der Waals surface area contributed by atoms with Crippen LogP contribution in [0.25, 0.3) is 0 Å². The van der Waals surface area contributed by atoms with Crippen molar-refractivity contribution in [3.63, 3.8) is 0 Å². The largest absolute Gasteiger partial charge is 0.438 e. The summed E-state index contributed by atoms with van der Waals surface area (Å²) in [7, 11) is 0. The van der Waals surface area contributed by atoms with Gasteiger partial charge in [-0.2, -0.15) is 13.2 Å². The number of nitrogens with zero attached hydrogens (tertiary/aromatic N) is 3. The third kappa shape index (κ3) is 5.38. The zero-order valence-corrected chi connectivity index (χ0v) is 18.7. The first-order valence-corrected chi connectivity index (χ1v) is 11.0. The van der Waals surface area contributed by atoms with Crippen LogP contribution in [-0.4, -0.2) is 35.4 Å². The van der Waals surface area contributed by atoms with Crippen molar-refractivity contribution >= 4 is 29.0 Å². The monoisotopic (exact) mass is 491 g/mol. The molecule has 0 fully saturated rings. The average Bonchev–Trinajstić information content (AvgIpc) is 3.26. The fourth-order valence-corrected chi connectivity index (χ4v) is 3.70. The number of hydrogen-bond acceptors (Lipinski definition) is 6. The molecule has 10 heteroatoms. The molecule has 0 radical (unpaired) electrons. The van der Waals surface area contributed by atoms with Crippen LogP contribution in [-0.2, 0) is 6.18 Å². The summed E-state index contributed by atoms with van der Waals surface area (Å²) < 4.78 is 44.7. The number of halogens is 3. The van der Waals surface area contributed by atoms with Crippen molar-refractivity contribution in [2.75, 3.05) is 17.2 Å². The minimum absolute atomic E-state index is 0.102. The van der Waals surface area contributed by atoms with Gasteiger partial charge in [0, 0.05) is 29.1 Å². The Balaban J connectivity index is 1.22. The molecule has 0 aromatic heterocycles. The van der Waals surface area contributed by atoms with Gasteiger partial charge in [-0.25, -0.2) is 10.0 Å². The maximum atomic E-state index is 13.0. The Hall–Kier alpha value is -4.60. The number of carbonyl (C=O) groups excluding carboxylic acids is 1. The van der Waals surface area contributed by atoms with Crippen molar-refractivity contribution in [1.29, 1.82) is 0 Å². The van der Waals surface area contributed by atoms with E-state index in [1.807, 2.05) is 30.3 Å². The molecule has 182 valence electrons. The van der Waals surface area contributed by atoms with E-state index in [4.69, 9.17) is 4.74 Å². The van der Waals surface area contributed by atoms with Gasteiger partial charge in [-0.05, 0) is 48.5 Å². The number of nitrogens with one attached hydrogen (secondary N) is 2. The number of alkyl halides is 3. The minimum Gasteiger partial charge on any atom is -0.438 e. The number of fused-ring (bicyclic) bond motifs is 1. The van der Waals surface area contributed by atoms with Crippen LogP contribution < -0.4 is 15.4 Å². The van der Waals surface area contributed by atoms with E-state index < -0.39 is 17.6 Å². The molecule has 7 nitrogen and oxygen atoms in total. The molecule has 5 rings (SSSR count). The number of amidine groups is 1. The smallest absolute Gasteiger partial charge is 0.416 e. The number of aliphatic imine (C=N–C) groups is 1. The first-order chi connectivity index (χ1) is 17.3. The van der Waals surface area contributed by atoms with Crippen LogP contribution in [0.3, 0.4) is 0 Å². The van der Waals surface area contributed by atoms with Gasteiger partial charge < -0.3 is 15.4 Å². The lowest BCUT2D eigenvalue weighted by Crippen LogP contribution is -2.30. The summed E-state index contributed by atoms with van der Waals surface area (Å²) in [6, 6.07) is 20.5. The Morgan fingerprint density at radius 3 is 2.53 bits per heavy atom. The van der Waals surface area contributed by atoms with E-state index >= 15 is 0 Å². The van der Waals surface area contributed by atoms with E-state index in [2.05, 4.69) is 20.7 Å². The standard InChI is InChI=1S/C26H20F3N5O2/c27-26(28,29)18-7-4-6-17(14-18)25(35)31-20-10-5-11-21(15-20)36-24-13-12-23-32-22(16-34(23)33-24)30-19-8-2-1-3-9-19/h1-15,22,30H,16H2,(H,31,35). The van der Waals surface area contributed by atoms with Crippen molar-refractivity contribution in [2.24, 2.45) is 10.1 Å². The lowest BCUT2D eigenvalue weighted by molar-refractivity contribution is -0.137. The molecule has 0 saturated heterocycles. The summed E-state index contributed by atoms with van der Waals surface area (Å²) in [5.74, 6) is 0.773. The Bertz CT molecular complexity index is 1370. The van der Waals surface area contributed by atoms with Gasteiger partial charge in [0.25, 0.3) is 5.91 Å². The van der Waals surface area contributed by atoms with Crippen LogP contribution in [0.2, 0.25) is 0 Å². The first kappa shape index (κ1) is 23.2. The number of anilines is 2. The highest BCUT2D eigenvalue weighted by molar-refractivity contribution is 6.05. The Morgan fingerprint density at radius 1 is 0.944 bits per heavy atom. The summed E-state index contributed by atoms with van der Waals surface area (Å²) in [6.07, 6.45) is -1.21. The summed E-state index contributed by atoms with van der Waals surface area (Å²) in [6.45, 7) is 0.522. The predicted octanol–water partition coefficient (Wildman–Crippen LogP) is 5.37. The van der Waals surface area contributed by atoms with Gasteiger partial charge in [-0.15, -0.1) is 5.10 Å². The van der Waals surface area contributed by atoms with Gasteiger partial charge in [0.1, 0.15) is 17.8 Å². The molecular formula is C26H20F3N5O2. The van der Waals surface area contributed by atoms with Gasteiger partial charge in [0.15, 0.2) is 0 Å². The second-order valence-electron chi connectivity index (χ2n) is 8.03. The molecule has 1 unspecified atom stereocenters. The SMILES string of the molecule is O=C(Nc1cccc(OC2=NN3CC(Nc4ccccc4)N=C3C=C2)c1)c1cccc(C(F)(F)F)c1. The summed E-state index contributed by atoms with van der Waals surface area (Å²) in [4.78, 5) is 17.1. The van der Waals surface area contributed by atoms with Crippen molar-refractivity contribution in [2.45, 2.75) is 12.3 Å². The maximum absolute atomic E-state index is 13.0. The average molecular weight is 491 g/mol. The van der Waals surface area contributed by atoms with E-state index in [0.717, 1.165) is 17.8 Å². The summed E-state index contributed by atoms with van der Waals surface area (Å²) in [5, 5.41) is 12.1. The maximum Gasteiger partial charge on any atom is 0.416 e. The highest BCUT2D eigenvalue weighted by Gasteiger charge is 2.31. The second-order valence-corrected chi connectivity index (χ2v) is 8.03. The number of rotatable bonds is 5. The number of benzene rings is 3. The zero-order chi connectivity index (χ0) is 25.1. The zero-order valence-electron chi connectivity index (χ0n) is 18.7. The molecule has 0 saturated carbocycles. The first-order valence-electron chi connectivity index (χ1n) is 11.0. The van der Waals surface area contributed by atoms with E-state index in [1.54, 1.807) is 41.4 Å². The molecular weight excluding hydrogens is 471 g/mol. The summed E-state index contributed by atoms with van der Waals surface area (Å²) in [5.41, 5.74) is 0.335. The van der Waals surface area contributed by atoms with E-state index in [-0.39, 0.29) is 11.7 Å². The third-order valence-electron chi connectivity index (χ3n) is 5.37. The number of para-hydroxylation sites is 1. The number of carbonyl (C=O) groups is 1. The van der Waals surface area contributed by atoms with Crippen LogP contribution in [0.5, 0.6) is 5.75 Å². The summed E-state index contributed by atoms with van der Waals surface area (Å²) >= 11 is 0. The fourth-order valence-electron chi connectivity index (χ4n) is 3.70. The van der Waals surface area contributed by atoms with Crippen LogP contribution in [0, 0.1) is 0 Å². The van der Waals surface area contributed by atoms with Crippen LogP contribution in [0.1, 0.15) is 15.9 Å². The molecule has 2 heterocycles. The van der Waals surface area contributed by atoms with Crippen molar-refractivity contribution in [3.05, 3.63) is 102 Å². The Kier molecular flexibility index (Phi) is 6.16. The molecule has 2 aliphatic heterocycles. The number of ether oxygens (including phenoxy) is 1. The molecule has 2 aliphatic rings. The molecule has 1 amide bonds. The predicted molar refractivity (Wildman–Crippen MR) is 131 cm³/mol. The lowest BCUT2D eigenvalue weighted by Gasteiger charge is -2.18. The second kappa shape index (κ2) is 9.57. The van der Waals surface area contributed by atoms with Gasteiger partial charge in [0.2, 0.25) is 5.90 Å². The fraction of sp³-hybridized carbons (Fsp3) is 0.115. The number of hydrogen-bond donors (Lipinski definition) is 2. The molecule has 0 bridgehead atoms. The number of hydrazone groups is 1. The molecule has 36 heavy (non-hydrogen) atoms. The molecule has 1 atom stereocenters. The van der Waals surface area contributed by atoms with Crippen LogP contribution >= 0.6 is 0 Å². The molecule has 2 N–H and O–H groups in total. The lowest BCUT2D eigenvalue weighted by atomic mass is 10.1. The van der Waals surface area contributed by atoms with E-state index in [9.17, 15) is 18.0 Å². The quantitative estimate of drug-likeness (QED) is 0.503. The minimum atomic E-state index is -4.53. The van der Waals surface area contributed by atoms with Crippen LogP contribution in [0.4, 0.5) is 24.5 Å². The Labute approximate surface area is 204 Å². The van der Waals surface area contributed by atoms with Crippen LogP contribution in [0.15, 0.2) is 101 Å². The highest BCUT2D eigenvalue weighted by Crippen LogP contribution is 2.30. The molecule has 3 aromatic carbocycles. The van der Waals surface area contributed by atoms with E-state index in [0.29, 0.717) is 29.7 Å². The van der Waals surface area contributed by atoms with Gasteiger partial charge in [0.05, 0.1) is 12.1 Å². The Morgan fingerprint density at radius 2 is 1.72 bits per heavy atom. The van der Waals surface area contributed by atoms with E-state index in [1.165, 1.54) is 12.1 Å². The third-order valence-corrected chi connectivity index (χ3v) is 5.37. The van der Waals surface area contributed by atoms with Crippen molar-refractivity contribution in [1.82, 2.24) is 5.01 Å². The van der Waals surface area contributed by atoms with Crippen molar-refractivity contribution in [3.8, 4) is 5.75 Å². The van der Waals surface area contributed by atoms with Gasteiger partial charge in [-0.3, -0.25) is 4.79 Å². The number of amides is 1. The topological polar surface area (TPSA) is 78.3 Å². The van der Waals surface area contributed by atoms with Crippen molar-refractivity contribution < 1.29 is 22.7 Å².